The highest BCUT2D eigenvalue weighted by Crippen LogP contribution is 2.11. The van der Waals surface area contributed by atoms with Gasteiger partial charge < -0.3 is 9.47 Å². The lowest BCUT2D eigenvalue weighted by molar-refractivity contribution is 0.0886. The highest BCUT2D eigenvalue weighted by atomic mass is 16.7. The Balaban J connectivity index is 0.000000770. The van der Waals surface area contributed by atoms with Crippen molar-refractivity contribution in [3.05, 3.63) is 36.1 Å². The van der Waals surface area contributed by atoms with Crippen molar-refractivity contribution in [1.29, 1.82) is 0 Å². The first-order valence-electron chi connectivity index (χ1n) is 6.07. The molecule has 0 unspecified atom stereocenters. The number of ether oxygens (including phenoxy) is 2. The minimum atomic E-state index is -0.652. The fourth-order valence-corrected chi connectivity index (χ4v) is 1.00. The molecule has 0 bridgehead atoms. The number of carbonyl (C=O) groups excluding carboxylic acids is 1. The van der Waals surface area contributed by atoms with Crippen molar-refractivity contribution >= 4 is 6.16 Å². The molecule has 0 saturated heterocycles. The molecule has 0 N–H and O–H groups in total. The van der Waals surface area contributed by atoms with E-state index in [1.165, 1.54) is 6.42 Å². The number of hydrogen-bond acceptors (Lipinski definition) is 3. The average Bonchev–Trinajstić information content (AvgIpc) is 2.31. The van der Waals surface area contributed by atoms with Crippen LogP contribution in [0.4, 0.5) is 4.79 Å². The van der Waals surface area contributed by atoms with Gasteiger partial charge in [0.2, 0.25) is 0 Å². The summed E-state index contributed by atoms with van der Waals surface area (Å²) in [5.74, 6) is 0.571. The van der Waals surface area contributed by atoms with E-state index >= 15 is 0 Å². The Bertz CT molecular complexity index is 288. The molecule has 0 fully saturated rings. The molecule has 1 rings (SSSR count). The van der Waals surface area contributed by atoms with Crippen LogP contribution in [-0.4, -0.2) is 12.8 Å². The molecule has 0 heterocycles. The van der Waals surface area contributed by atoms with Gasteiger partial charge in [0.05, 0.1) is 0 Å². The van der Waals surface area contributed by atoms with Crippen molar-refractivity contribution in [1.82, 2.24) is 0 Å². The normalized spacial score (nSPS) is 13.7. The lowest BCUT2D eigenvalue weighted by Crippen LogP contribution is -2.07. The summed E-state index contributed by atoms with van der Waals surface area (Å²) < 4.78 is 9.68. The predicted molar refractivity (Wildman–Crippen MR) is 69.7 cm³/mol. The summed E-state index contributed by atoms with van der Waals surface area (Å²) in [6.45, 7) is 6.37. The zero-order valence-electron chi connectivity index (χ0n) is 10.9. The number of allylic oxidation sites excluding steroid dienone is 4. The maximum absolute atomic E-state index is 11.0. The quantitative estimate of drug-likeness (QED) is 0.541. The first-order chi connectivity index (χ1) is 8.24. The van der Waals surface area contributed by atoms with Crippen LogP contribution in [0.5, 0.6) is 0 Å². The molecule has 0 spiro atoms. The fraction of sp³-hybridized carbons (Fsp3) is 0.500. The molecule has 0 aromatic rings. The zero-order valence-corrected chi connectivity index (χ0v) is 10.9. The molecule has 3 heteroatoms. The largest absolute Gasteiger partial charge is 0.514 e. The highest BCUT2D eigenvalue weighted by molar-refractivity contribution is 5.62. The summed E-state index contributed by atoms with van der Waals surface area (Å²) in [7, 11) is 0. The molecule has 0 aliphatic heterocycles. The van der Waals surface area contributed by atoms with Crippen molar-refractivity contribution < 1.29 is 14.3 Å². The Morgan fingerprint density at radius 2 is 2.12 bits per heavy atom. The monoisotopic (exact) mass is 238 g/mol. The van der Waals surface area contributed by atoms with Crippen LogP contribution in [0.2, 0.25) is 0 Å². The molecule has 0 aromatic carbocycles. The van der Waals surface area contributed by atoms with Crippen LogP contribution in [0.3, 0.4) is 0 Å². The lowest BCUT2D eigenvalue weighted by Gasteiger charge is -2.07. The Kier molecular flexibility index (Phi) is 10.0. The van der Waals surface area contributed by atoms with Gasteiger partial charge in [-0.15, -0.1) is 0 Å². The van der Waals surface area contributed by atoms with Crippen molar-refractivity contribution in [2.75, 3.05) is 6.61 Å². The second-order valence-electron chi connectivity index (χ2n) is 3.53. The van der Waals surface area contributed by atoms with Gasteiger partial charge in [0, 0.05) is 0 Å². The van der Waals surface area contributed by atoms with Crippen LogP contribution in [-0.2, 0) is 9.47 Å². The number of hydrogen-bond donors (Lipinski definition) is 0. The van der Waals surface area contributed by atoms with E-state index in [1.54, 1.807) is 12.2 Å². The fourth-order valence-electron chi connectivity index (χ4n) is 1.00. The van der Waals surface area contributed by atoms with Gasteiger partial charge in [-0.05, 0) is 31.9 Å². The molecule has 96 valence electrons. The molecule has 1 aliphatic rings. The minimum Gasteiger partial charge on any atom is -0.430 e. The second kappa shape index (κ2) is 11.0. The van der Waals surface area contributed by atoms with E-state index in [0.29, 0.717) is 5.76 Å². The van der Waals surface area contributed by atoms with E-state index in [0.717, 1.165) is 12.8 Å². The van der Waals surface area contributed by atoms with Crippen LogP contribution >= 0.6 is 0 Å². The Hall–Kier alpha value is -1.51. The molecular formula is C14H22O3. The number of carbonyl (C=O) groups is 1. The Labute approximate surface area is 104 Å². The van der Waals surface area contributed by atoms with Crippen molar-refractivity contribution in [3.63, 3.8) is 0 Å². The van der Waals surface area contributed by atoms with E-state index in [-0.39, 0.29) is 6.61 Å². The second-order valence-corrected chi connectivity index (χ2v) is 3.53. The Morgan fingerprint density at radius 1 is 1.41 bits per heavy atom. The molecule has 17 heavy (non-hydrogen) atoms. The van der Waals surface area contributed by atoms with Crippen LogP contribution in [0.25, 0.3) is 0 Å². The van der Waals surface area contributed by atoms with Gasteiger partial charge in [0.25, 0.3) is 0 Å². The molecule has 0 aromatic heterocycles. The first kappa shape index (κ1) is 15.5. The molecule has 3 nitrogen and oxygen atoms in total. The molecule has 1 aliphatic carbocycles. The van der Waals surface area contributed by atoms with Gasteiger partial charge in [0.15, 0.2) is 0 Å². The zero-order chi connectivity index (χ0) is 12.9. The summed E-state index contributed by atoms with van der Waals surface area (Å²) in [5.41, 5.74) is 0. The van der Waals surface area contributed by atoms with Crippen LogP contribution in [0, 0.1) is 0 Å². The topological polar surface area (TPSA) is 35.5 Å². The van der Waals surface area contributed by atoms with Crippen molar-refractivity contribution in [2.24, 2.45) is 0 Å². The number of rotatable bonds is 3. The summed E-state index contributed by atoms with van der Waals surface area (Å²) in [4.78, 5) is 11.0. The summed E-state index contributed by atoms with van der Waals surface area (Å²) in [6.07, 6.45) is 11.7. The maximum atomic E-state index is 11.0. The van der Waals surface area contributed by atoms with Crippen molar-refractivity contribution in [3.8, 4) is 0 Å². The highest BCUT2D eigenvalue weighted by Gasteiger charge is 2.06. The third-order valence-corrected chi connectivity index (χ3v) is 1.70. The molecule has 0 atom stereocenters. The van der Waals surface area contributed by atoms with E-state index in [4.69, 9.17) is 9.47 Å². The van der Waals surface area contributed by atoms with Crippen LogP contribution < -0.4 is 0 Å². The van der Waals surface area contributed by atoms with Crippen molar-refractivity contribution in [2.45, 2.75) is 40.0 Å². The van der Waals surface area contributed by atoms with E-state index in [1.807, 2.05) is 25.2 Å². The van der Waals surface area contributed by atoms with Gasteiger partial charge in [-0.1, -0.05) is 38.5 Å². The van der Waals surface area contributed by atoms with Gasteiger partial charge in [-0.25, -0.2) is 4.79 Å². The smallest absolute Gasteiger partial charge is 0.430 e. The summed E-state index contributed by atoms with van der Waals surface area (Å²) in [5, 5.41) is 0. The minimum absolute atomic E-state index is 0.256. The average molecular weight is 238 g/mol. The first-order valence-corrected chi connectivity index (χ1v) is 6.07. The maximum Gasteiger partial charge on any atom is 0.514 e. The van der Waals surface area contributed by atoms with Gasteiger partial charge in [0.1, 0.15) is 12.4 Å². The van der Waals surface area contributed by atoms with E-state index in [9.17, 15) is 4.79 Å². The SMILES string of the molecule is C/C=C\COC(=O)OC1=CCCC=C1.CCC. The third-order valence-electron chi connectivity index (χ3n) is 1.70. The summed E-state index contributed by atoms with van der Waals surface area (Å²) >= 11 is 0. The molecule has 0 radical (unpaired) electrons. The van der Waals surface area contributed by atoms with Gasteiger partial charge in [-0.2, -0.15) is 0 Å². The molecule has 0 amide bonds. The van der Waals surface area contributed by atoms with Gasteiger partial charge >= 0.3 is 6.16 Å². The van der Waals surface area contributed by atoms with E-state index in [2.05, 4.69) is 13.8 Å². The van der Waals surface area contributed by atoms with Crippen LogP contribution in [0.1, 0.15) is 40.0 Å². The standard InChI is InChI=1S/C11H14O3.C3H8/c1-2-3-9-13-11(12)14-10-7-5-4-6-8-10;1-3-2/h2-3,5,7-8H,4,6,9H2,1H3;3H2,1-2H3/b3-2-;. The lowest BCUT2D eigenvalue weighted by atomic mass is 10.2. The van der Waals surface area contributed by atoms with Gasteiger partial charge in [-0.3, -0.25) is 0 Å². The van der Waals surface area contributed by atoms with E-state index < -0.39 is 6.16 Å². The van der Waals surface area contributed by atoms with Crippen LogP contribution in [0.15, 0.2) is 36.1 Å². The predicted octanol–water partition coefficient (Wildman–Crippen LogP) is 4.37. The molecule has 0 saturated carbocycles. The Morgan fingerprint density at radius 3 is 2.65 bits per heavy atom. The third kappa shape index (κ3) is 9.42. The molecular weight excluding hydrogens is 216 g/mol. The summed E-state index contributed by atoms with van der Waals surface area (Å²) in [6, 6.07) is 0.